The molecule has 0 aliphatic rings. The van der Waals surface area contributed by atoms with Crippen molar-refractivity contribution in [2.45, 2.75) is 4.90 Å². The van der Waals surface area contributed by atoms with E-state index in [9.17, 15) is 8.42 Å². The summed E-state index contributed by atoms with van der Waals surface area (Å²) in [7, 11) is -3.21. The molecule has 0 unspecified atom stereocenters. The van der Waals surface area contributed by atoms with E-state index in [2.05, 4.69) is 5.32 Å². The second kappa shape index (κ2) is 5.15. The van der Waals surface area contributed by atoms with Crippen molar-refractivity contribution in [3.8, 4) is 12.1 Å². The molecule has 1 aromatic rings. The van der Waals surface area contributed by atoms with E-state index < -0.39 is 9.84 Å². The minimum absolute atomic E-state index is 0.0582. The third-order valence-electron chi connectivity index (χ3n) is 1.91. The fraction of sp³-hybridized carbons (Fsp3) is 0.0909. The van der Waals surface area contributed by atoms with Gasteiger partial charge >= 0.3 is 0 Å². The maximum absolute atomic E-state index is 11.2. The Labute approximate surface area is 99.5 Å². The summed E-state index contributed by atoms with van der Waals surface area (Å²) in [6.07, 6.45) is 2.38. The molecule has 5 nitrogen and oxygen atoms in total. The number of nitrogens with one attached hydrogen (secondary N) is 1. The summed E-state index contributed by atoms with van der Waals surface area (Å²) >= 11 is 0. The topological polar surface area (TPSA) is 93.8 Å². The molecular weight excluding hydrogens is 238 g/mol. The molecule has 0 saturated carbocycles. The number of anilines is 1. The van der Waals surface area contributed by atoms with Gasteiger partial charge in [-0.25, -0.2) is 8.42 Å². The van der Waals surface area contributed by atoms with Crippen molar-refractivity contribution in [1.82, 2.24) is 0 Å². The van der Waals surface area contributed by atoms with E-state index in [1.807, 2.05) is 0 Å². The molecule has 0 heterocycles. The first-order valence-corrected chi connectivity index (χ1v) is 6.43. The van der Waals surface area contributed by atoms with E-state index in [0.717, 1.165) is 6.26 Å². The van der Waals surface area contributed by atoms with Crippen LogP contribution in [-0.4, -0.2) is 14.7 Å². The van der Waals surface area contributed by atoms with Crippen LogP contribution in [-0.2, 0) is 9.84 Å². The zero-order chi connectivity index (χ0) is 12.9. The SMILES string of the molecule is CS(=O)(=O)c1ccc(NC=C(C#N)C#N)cc1. The molecule has 6 heteroatoms. The van der Waals surface area contributed by atoms with Gasteiger partial charge in [0.2, 0.25) is 0 Å². The molecule has 0 saturated heterocycles. The Kier molecular flexibility index (Phi) is 3.86. The molecule has 1 aromatic carbocycles. The summed E-state index contributed by atoms with van der Waals surface area (Å²) in [4.78, 5) is 0.216. The smallest absolute Gasteiger partial charge is 0.175 e. The minimum atomic E-state index is -3.21. The Morgan fingerprint density at radius 3 is 2.18 bits per heavy atom. The lowest BCUT2D eigenvalue weighted by atomic mass is 10.3. The van der Waals surface area contributed by atoms with Crippen LogP contribution in [0, 0.1) is 22.7 Å². The molecule has 17 heavy (non-hydrogen) atoms. The molecule has 0 aromatic heterocycles. The molecule has 0 amide bonds. The summed E-state index contributed by atoms with van der Waals surface area (Å²) in [5.41, 5.74) is 0.539. The highest BCUT2D eigenvalue weighted by molar-refractivity contribution is 7.90. The molecule has 86 valence electrons. The van der Waals surface area contributed by atoms with E-state index in [4.69, 9.17) is 10.5 Å². The molecule has 0 aliphatic heterocycles. The predicted octanol–water partition coefficient (Wildman–Crippen LogP) is 1.43. The van der Waals surface area contributed by atoms with Crippen molar-refractivity contribution in [3.05, 3.63) is 36.0 Å². The quantitative estimate of drug-likeness (QED) is 0.815. The lowest BCUT2D eigenvalue weighted by molar-refractivity contribution is 0.602. The number of nitriles is 2. The first-order chi connectivity index (χ1) is 7.97. The number of rotatable bonds is 3. The van der Waals surface area contributed by atoms with Gasteiger partial charge in [0.1, 0.15) is 17.7 Å². The van der Waals surface area contributed by atoms with Gasteiger partial charge in [-0.05, 0) is 24.3 Å². The van der Waals surface area contributed by atoms with Gasteiger partial charge in [-0.2, -0.15) is 10.5 Å². The van der Waals surface area contributed by atoms with E-state index in [1.165, 1.54) is 18.3 Å². The largest absolute Gasteiger partial charge is 0.360 e. The van der Waals surface area contributed by atoms with Gasteiger partial charge in [0, 0.05) is 18.1 Å². The number of benzene rings is 1. The van der Waals surface area contributed by atoms with Crippen LogP contribution >= 0.6 is 0 Å². The maximum Gasteiger partial charge on any atom is 0.175 e. The fourth-order valence-corrected chi connectivity index (χ4v) is 1.67. The Balaban J connectivity index is 2.89. The highest BCUT2D eigenvalue weighted by Gasteiger charge is 2.05. The predicted molar refractivity (Wildman–Crippen MR) is 62.5 cm³/mol. The van der Waals surface area contributed by atoms with E-state index in [0.29, 0.717) is 5.69 Å². The Morgan fingerprint density at radius 2 is 1.76 bits per heavy atom. The molecule has 0 fully saturated rings. The van der Waals surface area contributed by atoms with Gasteiger partial charge in [0.15, 0.2) is 9.84 Å². The molecule has 0 aliphatic carbocycles. The van der Waals surface area contributed by atoms with E-state index in [1.54, 1.807) is 24.3 Å². The van der Waals surface area contributed by atoms with E-state index in [-0.39, 0.29) is 10.5 Å². The average molecular weight is 247 g/mol. The zero-order valence-electron chi connectivity index (χ0n) is 9.01. The highest BCUT2D eigenvalue weighted by Crippen LogP contribution is 2.13. The second-order valence-electron chi connectivity index (χ2n) is 3.22. The minimum Gasteiger partial charge on any atom is -0.360 e. The highest BCUT2D eigenvalue weighted by atomic mass is 32.2. The van der Waals surface area contributed by atoms with Crippen molar-refractivity contribution >= 4 is 15.5 Å². The van der Waals surface area contributed by atoms with Crippen LogP contribution in [0.4, 0.5) is 5.69 Å². The first kappa shape index (κ1) is 12.8. The number of hydrogen-bond donors (Lipinski definition) is 1. The van der Waals surface area contributed by atoms with Gasteiger partial charge in [-0.3, -0.25) is 0 Å². The number of allylic oxidation sites excluding steroid dienone is 1. The molecule has 0 radical (unpaired) electrons. The molecule has 0 spiro atoms. The molecule has 0 atom stereocenters. The van der Waals surface area contributed by atoms with Gasteiger partial charge in [0.25, 0.3) is 0 Å². The van der Waals surface area contributed by atoms with Gasteiger partial charge < -0.3 is 5.32 Å². The Hall–Kier alpha value is -2.31. The van der Waals surface area contributed by atoms with Crippen LogP contribution in [0.5, 0.6) is 0 Å². The van der Waals surface area contributed by atoms with Crippen molar-refractivity contribution in [2.75, 3.05) is 11.6 Å². The van der Waals surface area contributed by atoms with Crippen LogP contribution in [0.3, 0.4) is 0 Å². The Bertz CT molecular complexity index is 600. The maximum atomic E-state index is 11.2. The summed E-state index contributed by atoms with van der Waals surface area (Å²) in [6, 6.07) is 9.40. The van der Waals surface area contributed by atoms with Crippen molar-refractivity contribution in [2.24, 2.45) is 0 Å². The third kappa shape index (κ3) is 3.63. The normalized spacial score (nSPS) is 9.82. The third-order valence-corrected chi connectivity index (χ3v) is 3.04. The van der Waals surface area contributed by atoms with Gasteiger partial charge in [0.05, 0.1) is 4.90 Å². The van der Waals surface area contributed by atoms with Crippen LogP contribution in [0.2, 0.25) is 0 Å². The summed E-state index contributed by atoms with van der Waals surface area (Å²) in [6.45, 7) is 0. The lowest BCUT2D eigenvalue weighted by Gasteiger charge is -2.02. The van der Waals surface area contributed by atoms with Crippen LogP contribution in [0.15, 0.2) is 40.9 Å². The van der Waals surface area contributed by atoms with Crippen molar-refractivity contribution < 1.29 is 8.42 Å². The van der Waals surface area contributed by atoms with Crippen LogP contribution < -0.4 is 5.32 Å². The van der Waals surface area contributed by atoms with Gasteiger partial charge in [-0.1, -0.05) is 0 Å². The lowest BCUT2D eigenvalue weighted by Crippen LogP contribution is -1.97. The van der Waals surface area contributed by atoms with Crippen molar-refractivity contribution in [3.63, 3.8) is 0 Å². The van der Waals surface area contributed by atoms with Crippen molar-refractivity contribution in [1.29, 1.82) is 10.5 Å². The zero-order valence-corrected chi connectivity index (χ0v) is 9.82. The monoisotopic (exact) mass is 247 g/mol. The molecular formula is C11H9N3O2S. The van der Waals surface area contributed by atoms with Crippen LogP contribution in [0.25, 0.3) is 0 Å². The summed E-state index contributed by atoms with van der Waals surface area (Å²) in [5.74, 6) is 0. The van der Waals surface area contributed by atoms with Gasteiger partial charge in [-0.15, -0.1) is 0 Å². The number of nitrogens with zero attached hydrogens (tertiary/aromatic N) is 2. The molecule has 0 bridgehead atoms. The Morgan fingerprint density at radius 1 is 1.24 bits per heavy atom. The molecule has 1 N–H and O–H groups in total. The fourth-order valence-electron chi connectivity index (χ4n) is 1.04. The number of sulfone groups is 1. The summed E-state index contributed by atoms with van der Waals surface area (Å²) in [5, 5.41) is 19.7. The molecule has 1 rings (SSSR count). The van der Waals surface area contributed by atoms with Crippen LogP contribution in [0.1, 0.15) is 0 Å². The average Bonchev–Trinajstić information content (AvgIpc) is 2.30. The summed E-state index contributed by atoms with van der Waals surface area (Å²) < 4.78 is 22.4. The first-order valence-electron chi connectivity index (χ1n) is 4.54. The van der Waals surface area contributed by atoms with E-state index >= 15 is 0 Å². The standard InChI is InChI=1S/C11H9N3O2S/c1-17(15,16)11-4-2-10(3-5-11)14-8-9(6-12)7-13/h2-5,8,14H,1H3. The number of hydrogen-bond acceptors (Lipinski definition) is 5. The second-order valence-corrected chi connectivity index (χ2v) is 5.24.